The van der Waals surface area contributed by atoms with E-state index < -0.39 is 0 Å². The van der Waals surface area contributed by atoms with E-state index in [1.165, 1.54) is 11.1 Å². The van der Waals surface area contributed by atoms with Gasteiger partial charge in [-0.25, -0.2) is 4.98 Å². The van der Waals surface area contributed by atoms with Crippen LogP contribution in [0.3, 0.4) is 0 Å². The largest absolute Gasteiger partial charge is 0.310 e. The highest BCUT2D eigenvalue weighted by Gasteiger charge is 2.15. The molecule has 2 rings (SSSR count). The van der Waals surface area contributed by atoms with Crippen molar-refractivity contribution in [3.63, 3.8) is 0 Å². The fraction of sp³-hybridized carbons (Fsp3) is 0.400. The van der Waals surface area contributed by atoms with E-state index in [4.69, 9.17) is 11.6 Å². The van der Waals surface area contributed by atoms with Crippen molar-refractivity contribution in [1.82, 2.24) is 10.3 Å². The zero-order valence-electron chi connectivity index (χ0n) is 11.3. The number of aryl methyl sites for hydroxylation is 1. The lowest BCUT2D eigenvalue weighted by Gasteiger charge is -2.20. The maximum absolute atomic E-state index is 6.14. The standard InChI is InChI=1S/C15H19ClN2S/c1-3-6-17-14(10-15-18-7-8-19-15)13-9-12(16)5-4-11(13)2/h4-5,7-9,14,17H,3,6,10H2,1-2H3. The van der Waals surface area contributed by atoms with Gasteiger partial charge in [0.25, 0.3) is 0 Å². The molecule has 0 saturated carbocycles. The monoisotopic (exact) mass is 294 g/mol. The van der Waals surface area contributed by atoms with Gasteiger partial charge in [0.05, 0.1) is 5.01 Å². The Hall–Kier alpha value is -0.900. The first-order valence-corrected chi connectivity index (χ1v) is 7.84. The number of halogens is 1. The van der Waals surface area contributed by atoms with Crippen molar-refractivity contribution in [3.8, 4) is 0 Å². The molecule has 0 aliphatic heterocycles. The lowest BCUT2D eigenvalue weighted by atomic mass is 9.99. The number of nitrogens with one attached hydrogen (secondary N) is 1. The summed E-state index contributed by atoms with van der Waals surface area (Å²) in [5.41, 5.74) is 2.55. The molecule has 1 N–H and O–H groups in total. The molecule has 0 aliphatic carbocycles. The second-order valence-electron chi connectivity index (χ2n) is 4.64. The Morgan fingerprint density at radius 3 is 2.95 bits per heavy atom. The molecule has 0 aliphatic rings. The zero-order valence-corrected chi connectivity index (χ0v) is 12.9. The van der Waals surface area contributed by atoms with Crippen LogP contribution >= 0.6 is 22.9 Å². The van der Waals surface area contributed by atoms with Gasteiger partial charge in [-0.1, -0.05) is 24.6 Å². The summed E-state index contributed by atoms with van der Waals surface area (Å²) in [5, 5.41) is 7.58. The molecular weight excluding hydrogens is 276 g/mol. The van der Waals surface area contributed by atoms with Crippen molar-refractivity contribution >= 4 is 22.9 Å². The van der Waals surface area contributed by atoms with Crippen LogP contribution < -0.4 is 5.32 Å². The van der Waals surface area contributed by atoms with Crippen molar-refractivity contribution < 1.29 is 0 Å². The van der Waals surface area contributed by atoms with Gasteiger partial charge in [0.15, 0.2) is 0 Å². The summed E-state index contributed by atoms with van der Waals surface area (Å²) < 4.78 is 0. The van der Waals surface area contributed by atoms with E-state index in [1.54, 1.807) is 11.3 Å². The van der Waals surface area contributed by atoms with Crippen molar-refractivity contribution in [2.75, 3.05) is 6.54 Å². The summed E-state index contributed by atoms with van der Waals surface area (Å²) in [6.45, 7) is 5.31. The number of nitrogens with zero attached hydrogens (tertiary/aromatic N) is 1. The first kappa shape index (κ1) is 14.5. The molecule has 1 aromatic heterocycles. The van der Waals surface area contributed by atoms with E-state index in [2.05, 4.69) is 36.3 Å². The van der Waals surface area contributed by atoms with Gasteiger partial charge in [-0.2, -0.15) is 0 Å². The van der Waals surface area contributed by atoms with E-state index in [9.17, 15) is 0 Å². The third-order valence-electron chi connectivity index (χ3n) is 3.12. The molecule has 2 aromatic rings. The predicted octanol–water partition coefficient (Wildman–Crippen LogP) is 4.39. The van der Waals surface area contributed by atoms with Gasteiger partial charge in [-0.15, -0.1) is 11.3 Å². The Labute approximate surface area is 123 Å². The average Bonchev–Trinajstić information content (AvgIpc) is 2.90. The molecule has 1 heterocycles. The lowest BCUT2D eigenvalue weighted by molar-refractivity contribution is 0.526. The number of thiazole rings is 1. The summed E-state index contributed by atoms with van der Waals surface area (Å²) in [6.07, 6.45) is 3.90. The minimum absolute atomic E-state index is 0.282. The molecule has 19 heavy (non-hydrogen) atoms. The van der Waals surface area contributed by atoms with Gasteiger partial charge in [0.1, 0.15) is 0 Å². The van der Waals surface area contributed by atoms with E-state index in [1.807, 2.05) is 17.6 Å². The summed E-state index contributed by atoms with van der Waals surface area (Å²) in [6, 6.07) is 6.38. The summed E-state index contributed by atoms with van der Waals surface area (Å²) in [7, 11) is 0. The van der Waals surface area contributed by atoms with Crippen LogP contribution in [0, 0.1) is 6.92 Å². The predicted molar refractivity (Wildman–Crippen MR) is 83.0 cm³/mol. The molecule has 2 nitrogen and oxygen atoms in total. The molecule has 1 atom stereocenters. The third kappa shape index (κ3) is 4.03. The highest BCUT2D eigenvalue weighted by molar-refractivity contribution is 7.09. The Morgan fingerprint density at radius 2 is 2.26 bits per heavy atom. The molecule has 0 fully saturated rings. The molecular formula is C15H19ClN2S. The van der Waals surface area contributed by atoms with Gasteiger partial charge >= 0.3 is 0 Å². The second-order valence-corrected chi connectivity index (χ2v) is 6.05. The number of rotatable bonds is 6. The maximum Gasteiger partial charge on any atom is 0.0943 e. The molecule has 1 unspecified atom stereocenters. The van der Waals surface area contributed by atoms with E-state index >= 15 is 0 Å². The van der Waals surface area contributed by atoms with Gasteiger partial charge in [0, 0.05) is 29.1 Å². The molecule has 0 spiro atoms. The first-order valence-electron chi connectivity index (χ1n) is 6.58. The van der Waals surface area contributed by atoms with Gasteiger partial charge in [-0.05, 0) is 43.1 Å². The van der Waals surface area contributed by atoms with Gasteiger partial charge < -0.3 is 5.32 Å². The van der Waals surface area contributed by atoms with Crippen LogP contribution in [-0.2, 0) is 6.42 Å². The quantitative estimate of drug-likeness (QED) is 0.855. The normalized spacial score (nSPS) is 12.6. The first-order chi connectivity index (χ1) is 9.20. The van der Waals surface area contributed by atoms with Crippen molar-refractivity contribution in [2.24, 2.45) is 0 Å². The SMILES string of the molecule is CCCNC(Cc1nccs1)c1cc(Cl)ccc1C. The zero-order chi connectivity index (χ0) is 13.7. The van der Waals surface area contributed by atoms with Crippen LogP contribution in [0.4, 0.5) is 0 Å². The molecule has 0 saturated heterocycles. The number of hydrogen-bond acceptors (Lipinski definition) is 3. The summed E-state index contributed by atoms with van der Waals surface area (Å²) >= 11 is 7.84. The lowest BCUT2D eigenvalue weighted by Crippen LogP contribution is -2.24. The number of aromatic nitrogens is 1. The highest BCUT2D eigenvalue weighted by Crippen LogP contribution is 2.25. The third-order valence-corrected chi connectivity index (χ3v) is 4.16. The van der Waals surface area contributed by atoms with Crippen LogP contribution in [0.1, 0.15) is 35.5 Å². The molecule has 102 valence electrons. The Kier molecular flexibility index (Phi) is 5.37. The minimum Gasteiger partial charge on any atom is -0.310 e. The van der Waals surface area contributed by atoms with E-state index in [0.717, 1.165) is 29.4 Å². The van der Waals surface area contributed by atoms with Crippen LogP contribution in [0.25, 0.3) is 0 Å². The molecule has 0 radical (unpaired) electrons. The van der Waals surface area contributed by atoms with Crippen molar-refractivity contribution in [2.45, 2.75) is 32.7 Å². The molecule has 1 aromatic carbocycles. The average molecular weight is 295 g/mol. The van der Waals surface area contributed by atoms with Crippen LogP contribution in [0.2, 0.25) is 5.02 Å². The fourth-order valence-corrected chi connectivity index (χ4v) is 2.97. The van der Waals surface area contributed by atoms with Gasteiger partial charge in [0.2, 0.25) is 0 Å². The Morgan fingerprint density at radius 1 is 1.42 bits per heavy atom. The number of hydrogen-bond donors (Lipinski definition) is 1. The van der Waals surface area contributed by atoms with Crippen LogP contribution in [0.5, 0.6) is 0 Å². The Bertz CT molecular complexity index is 511. The fourth-order valence-electron chi connectivity index (χ4n) is 2.13. The number of benzene rings is 1. The van der Waals surface area contributed by atoms with E-state index in [0.29, 0.717) is 0 Å². The van der Waals surface area contributed by atoms with Crippen LogP contribution in [0.15, 0.2) is 29.8 Å². The maximum atomic E-state index is 6.14. The Balaban J connectivity index is 2.23. The smallest absolute Gasteiger partial charge is 0.0943 e. The summed E-state index contributed by atoms with van der Waals surface area (Å²) in [4.78, 5) is 4.39. The summed E-state index contributed by atoms with van der Waals surface area (Å²) in [5.74, 6) is 0. The second kappa shape index (κ2) is 7.04. The molecule has 0 amide bonds. The highest BCUT2D eigenvalue weighted by atomic mass is 35.5. The van der Waals surface area contributed by atoms with Gasteiger partial charge in [-0.3, -0.25) is 0 Å². The van der Waals surface area contributed by atoms with Crippen molar-refractivity contribution in [3.05, 3.63) is 50.9 Å². The van der Waals surface area contributed by atoms with Crippen molar-refractivity contribution in [1.29, 1.82) is 0 Å². The van der Waals surface area contributed by atoms with E-state index in [-0.39, 0.29) is 6.04 Å². The van der Waals surface area contributed by atoms with Crippen LogP contribution in [-0.4, -0.2) is 11.5 Å². The minimum atomic E-state index is 0.282. The topological polar surface area (TPSA) is 24.9 Å². The molecule has 0 bridgehead atoms. The molecule has 4 heteroatoms.